The predicted octanol–water partition coefficient (Wildman–Crippen LogP) is 2.80. The maximum Gasteiger partial charge on any atom is 0.185 e. The molecule has 0 amide bonds. The van der Waals surface area contributed by atoms with Gasteiger partial charge in [0, 0.05) is 24.5 Å². The SMILES string of the molecule is CNCc1sc(N2CCCC(C)CC2)nc1C. The molecule has 1 saturated heterocycles. The molecular weight excluding hydrogens is 230 g/mol. The van der Waals surface area contributed by atoms with Crippen LogP contribution in [0.15, 0.2) is 0 Å². The number of rotatable bonds is 3. The smallest absolute Gasteiger partial charge is 0.185 e. The number of thiazole rings is 1. The lowest BCUT2D eigenvalue weighted by molar-refractivity contribution is 0.521. The lowest BCUT2D eigenvalue weighted by Crippen LogP contribution is -2.23. The van der Waals surface area contributed by atoms with Gasteiger partial charge in [0.15, 0.2) is 5.13 Å². The molecule has 1 aromatic heterocycles. The fourth-order valence-corrected chi connectivity index (χ4v) is 3.45. The molecule has 0 saturated carbocycles. The highest BCUT2D eigenvalue weighted by molar-refractivity contribution is 7.15. The summed E-state index contributed by atoms with van der Waals surface area (Å²) >= 11 is 1.85. The molecule has 0 aromatic carbocycles. The van der Waals surface area contributed by atoms with Crippen molar-refractivity contribution in [3.63, 3.8) is 0 Å². The van der Waals surface area contributed by atoms with E-state index in [2.05, 4.69) is 24.1 Å². The topological polar surface area (TPSA) is 28.2 Å². The molecule has 1 aliphatic heterocycles. The Kier molecular flexibility index (Phi) is 4.40. The number of hydrogen-bond donors (Lipinski definition) is 1. The van der Waals surface area contributed by atoms with Gasteiger partial charge in [0.1, 0.15) is 0 Å². The van der Waals surface area contributed by atoms with E-state index in [1.165, 1.54) is 48.1 Å². The average molecular weight is 253 g/mol. The van der Waals surface area contributed by atoms with Crippen molar-refractivity contribution in [2.24, 2.45) is 5.92 Å². The lowest BCUT2D eigenvalue weighted by Gasteiger charge is -2.18. The van der Waals surface area contributed by atoms with E-state index in [0.29, 0.717) is 0 Å². The van der Waals surface area contributed by atoms with Gasteiger partial charge >= 0.3 is 0 Å². The van der Waals surface area contributed by atoms with Crippen molar-refractivity contribution in [3.05, 3.63) is 10.6 Å². The Labute approximate surface area is 108 Å². The van der Waals surface area contributed by atoms with E-state index in [1.807, 2.05) is 18.4 Å². The van der Waals surface area contributed by atoms with Crippen molar-refractivity contribution in [2.75, 3.05) is 25.0 Å². The molecule has 0 spiro atoms. The van der Waals surface area contributed by atoms with Gasteiger partial charge in [0.25, 0.3) is 0 Å². The number of aromatic nitrogens is 1. The van der Waals surface area contributed by atoms with Crippen molar-refractivity contribution in [3.8, 4) is 0 Å². The van der Waals surface area contributed by atoms with Gasteiger partial charge in [0.2, 0.25) is 0 Å². The molecule has 1 aliphatic rings. The molecule has 1 N–H and O–H groups in total. The van der Waals surface area contributed by atoms with Gasteiger partial charge in [-0.05, 0) is 39.2 Å². The van der Waals surface area contributed by atoms with Gasteiger partial charge in [-0.2, -0.15) is 0 Å². The molecule has 0 aliphatic carbocycles. The third-order valence-corrected chi connectivity index (χ3v) is 4.72. The molecule has 0 radical (unpaired) electrons. The Morgan fingerprint density at radius 3 is 3.00 bits per heavy atom. The third-order valence-electron chi connectivity index (χ3n) is 3.51. The molecule has 1 unspecified atom stereocenters. The largest absolute Gasteiger partial charge is 0.348 e. The summed E-state index contributed by atoms with van der Waals surface area (Å²) < 4.78 is 0. The minimum Gasteiger partial charge on any atom is -0.348 e. The fourth-order valence-electron chi connectivity index (χ4n) is 2.33. The van der Waals surface area contributed by atoms with E-state index in [-0.39, 0.29) is 0 Å². The summed E-state index contributed by atoms with van der Waals surface area (Å²) in [5.41, 5.74) is 1.19. The van der Waals surface area contributed by atoms with Crippen LogP contribution in [0.1, 0.15) is 36.8 Å². The third kappa shape index (κ3) is 3.19. The van der Waals surface area contributed by atoms with Gasteiger partial charge in [-0.1, -0.05) is 6.92 Å². The number of nitrogens with zero attached hydrogens (tertiary/aromatic N) is 2. The first kappa shape index (κ1) is 12.8. The van der Waals surface area contributed by atoms with E-state index >= 15 is 0 Å². The first-order valence-corrected chi connectivity index (χ1v) is 7.38. The zero-order chi connectivity index (χ0) is 12.3. The van der Waals surface area contributed by atoms with Crippen molar-refractivity contribution in [2.45, 2.75) is 39.7 Å². The quantitative estimate of drug-likeness (QED) is 0.898. The normalized spacial score (nSPS) is 21.6. The van der Waals surface area contributed by atoms with Crippen LogP contribution in [0.5, 0.6) is 0 Å². The monoisotopic (exact) mass is 253 g/mol. The van der Waals surface area contributed by atoms with Crippen LogP contribution in [-0.4, -0.2) is 25.1 Å². The molecule has 1 aromatic rings. The minimum atomic E-state index is 0.873. The Hall–Kier alpha value is -0.610. The van der Waals surface area contributed by atoms with Crippen LogP contribution in [0.25, 0.3) is 0 Å². The van der Waals surface area contributed by atoms with E-state index in [4.69, 9.17) is 4.98 Å². The number of nitrogens with one attached hydrogen (secondary N) is 1. The van der Waals surface area contributed by atoms with Gasteiger partial charge < -0.3 is 10.2 Å². The van der Waals surface area contributed by atoms with Crippen LogP contribution in [0, 0.1) is 12.8 Å². The van der Waals surface area contributed by atoms with Crippen LogP contribution in [0.4, 0.5) is 5.13 Å². The molecule has 96 valence electrons. The highest BCUT2D eigenvalue weighted by atomic mass is 32.1. The molecule has 3 nitrogen and oxygen atoms in total. The summed E-state index contributed by atoms with van der Waals surface area (Å²) in [5.74, 6) is 0.873. The summed E-state index contributed by atoms with van der Waals surface area (Å²) in [5, 5.41) is 4.44. The Morgan fingerprint density at radius 2 is 2.24 bits per heavy atom. The molecule has 4 heteroatoms. The van der Waals surface area contributed by atoms with Crippen LogP contribution in [0.2, 0.25) is 0 Å². The predicted molar refractivity (Wildman–Crippen MR) is 74.8 cm³/mol. The first-order chi connectivity index (χ1) is 8.20. The zero-order valence-electron chi connectivity index (χ0n) is 11.1. The lowest BCUT2D eigenvalue weighted by atomic mass is 10.0. The second kappa shape index (κ2) is 5.83. The summed E-state index contributed by atoms with van der Waals surface area (Å²) in [6.07, 6.45) is 3.98. The van der Waals surface area contributed by atoms with Gasteiger partial charge in [-0.15, -0.1) is 11.3 Å². The van der Waals surface area contributed by atoms with E-state index < -0.39 is 0 Å². The maximum atomic E-state index is 4.72. The molecule has 17 heavy (non-hydrogen) atoms. The van der Waals surface area contributed by atoms with Crippen LogP contribution in [0.3, 0.4) is 0 Å². The number of hydrogen-bond acceptors (Lipinski definition) is 4. The van der Waals surface area contributed by atoms with E-state index in [9.17, 15) is 0 Å². The van der Waals surface area contributed by atoms with Crippen molar-refractivity contribution in [1.29, 1.82) is 0 Å². The molecule has 1 atom stereocenters. The number of anilines is 1. The molecular formula is C13H23N3S. The number of aryl methyl sites for hydroxylation is 1. The fraction of sp³-hybridized carbons (Fsp3) is 0.769. The standard InChI is InChI=1S/C13H23N3S/c1-10-5-4-7-16(8-6-10)13-15-11(2)12(17-13)9-14-3/h10,14H,4-9H2,1-3H3. The Bertz CT molecular complexity index is 362. The summed E-state index contributed by atoms with van der Waals surface area (Å²) in [6.45, 7) is 7.77. The highest BCUT2D eigenvalue weighted by Crippen LogP contribution is 2.28. The van der Waals surface area contributed by atoms with E-state index in [1.54, 1.807) is 0 Å². The molecule has 1 fully saturated rings. The highest BCUT2D eigenvalue weighted by Gasteiger charge is 2.17. The zero-order valence-corrected chi connectivity index (χ0v) is 11.9. The second-order valence-corrected chi connectivity index (χ2v) is 6.12. The molecule has 2 heterocycles. The maximum absolute atomic E-state index is 4.72. The Morgan fingerprint density at radius 1 is 1.41 bits per heavy atom. The van der Waals surface area contributed by atoms with E-state index in [0.717, 1.165) is 12.5 Å². The van der Waals surface area contributed by atoms with Gasteiger partial charge in [-0.25, -0.2) is 4.98 Å². The molecule has 2 rings (SSSR count). The summed E-state index contributed by atoms with van der Waals surface area (Å²) in [6, 6.07) is 0. The van der Waals surface area contributed by atoms with Crippen LogP contribution in [-0.2, 0) is 6.54 Å². The first-order valence-electron chi connectivity index (χ1n) is 6.56. The summed E-state index contributed by atoms with van der Waals surface area (Å²) in [7, 11) is 1.99. The minimum absolute atomic E-state index is 0.873. The molecule has 0 bridgehead atoms. The van der Waals surface area contributed by atoms with Crippen molar-refractivity contribution < 1.29 is 0 Å². The Balaban J connectivity index is 2.08. The van der Waals surface area contributed by atoms with Crippen LogP contribution >= 0.6 is 11.3 Å². The van der Waals surface area contributed by atoms with Crippen LogP contribution < -0.4 is 10.2 Å². The average Bonchev–Trinajstić information content (AvgIpc) is 2.53. The van der Waals surface area contributed by atoms with Gasteiger partial charge in [0.05, 0.1) is 5.69 Å². The summed E-state index contributed by atoms with van der Waals surface area (Å²) in [4.78, 5) is 8.57. The van der Waals surface area contributed by atoms with Gasteiger partial charge in [-0.3, -0.25) is 0 Å². The van der Waals surface area contributed by atoms with Crippen molar-refractivity contribution >= 4 is 16.5 Å². The van der Waals surface area contributed by atoms with Crippen molar-refractivity contribution in [1.82, 2.24) is 10.3 Å². The second-order valence-electron chi connectivity index (χ2n) is 5.06.